The molecule has 0 radical (unpaired) electrons. The van der Waals surface area contributed by atoms with Crippen molar-refractivity contribution in [1.82, 2.24) is 20.1 Å². The summed E-state index contributed by atoms with van der Waals surface area (Å²) >= 11 is 0. The largest absolute Gasteiger partial charge is 0.435 e. The second-order valence-corrected chi connectivity index (χ2v) is 6.96. The highest BCUT2D eigenvalue weighted by atomic mass is 19.3. The van der Waals surface area contributed by atoms with Crippen molar-refractivity contribution < 1.29 is 18.3 Å². The van der Waals surface area contributed by atoms with E-state index in [-0.39, 0.29) is 17.7 Å². The molecule has 0 bridgehead atoms. The number of alkyl halides is 2. The third-order valence-corrected chi connectivity index (χ3v) is 4.99. The number of halogens is 2. The van der Waals surface area contributed by atoms with Gasteiger partial charge in [-0.2, -0.15) is 13.9 Å². The molecule has 6 nitrogen and oxygen atoms in total. The maximum absolute atomic E-state index is 13.0. The maximum atomic E-state index is 13.0. The number of aromatic nitrogens is 3. The van der Waals surface area contributed by atoms with Crippen molar-refractivity contribution in [3.63, 3.8) is 0 Å². The number of carbonyl (C=O) groups is 1. The van der Waals surface area contributed by atoms with Crippen LogP contribution >= 0.6 is 0 Å². The van der Waals surface area contributed by atoms with Gasteiger partial charge in [-0.25, -0.2) is 0 Å². The topological polar surface area (TPSA) is 69.0 Å². The summed E-state index contributed by atoms with van der Waals surface area (Å²) in [7, 11) is 1.80. The predicted molar refractivity (Wildman–Crippen MR) is 103 cm³/mol. The van der Waals surface area contributed by atoms with Crippen molar-refractivity contribution in [1.29, 1.82) is 0 Å². The van der Waals surface area contributed by atoms with Gasteiger partial charge >= 0.3 is 6.61 Å². The van der Waals surface area contributed by atoms with Crippen LogP contribution in [-0.4, -0.2) is 27.3 Å². The second kappa shape index (κ2) is 7.98. The minimum atomic E-state index is -2.86. The number of hydrogen-bond acceptors (Lipinski definition) is 4. The van der Waals surface area contributed by atoms with E-state index in [1.54, 1.807) is 54.6 Å². The third kappa shape index (κ3) is 4.11. The van der Waals surface area contributed by atoms with Gasteiger partial charge in [0.05, 0.1) is 23.5 Å². The summed E-state index contributed by atoms with van der Waals surface area (Å²) in [6.07, 6.45) is 7.49. The number of amides is 1. The Morgan fingerprint density at radius 2 is 2.21 bits per heavy atom. The lowest BCUT2D eigenvalue weighted by molar-refractivity contribution is -0.0499. The van der Waals surface area contributed by atoms with Crippen molar-refractivity contribution in [2.24, 2.45) is 7.05 Å². The molecule has 1 amide bonds. The van der Waals surface area contributed by atoms with Crippen LogP contribution in [0.2, 0.25) is 0 Å². The Hall–Kier alpha value is -3.29. The fourth-order valence-electron chi connectivity index (χ4n) is 3.71. The fourth-order valence-corrected chi connectivity index (χ4v) is 3.71. The van der Waals surface area contributed by atoms with E-state index in [9.17, 15) is 13.6 Å². The summed E-state index contributed by atoms with van der Waals surface area (Å²) < 4.78 is 31.1. The molecule has 1 N–H and O–H groups in total. The Balaban J connectivity index is 1.58. The van der Waals surface area contributed by atoms with E-state index in [0.717, 1.165) is 36.0 Å². The summed E-state index contributed by atoms with van der Waals surface area (Å²) in [5.74, 6) is -0.0976. The first-order valence-electron chi connectivity index (χ1n) is 9.34. The molecule has 0 fully saturated rings. The Morgan fingerprint density at radius 1 is 1.34 bits per heavy atom. The Bertz CT molecular complexity index is 1040. The Kier molecular flexibility index (Phi) is 5.24. The number of benzene rings is 1. The molecule has 0 saturated carbocycles. The molecule has 2 aromatic heterocycles. The van der Waals surface area contributed by atoms with Gasteiger partial charge in [-0.3, -0.25) is 14.5 Å². The quantitative estimate of drug-likeness (QED) is 0.708. The Labute approximate surface area is 166 Å². The number of hydrogen-bond donors (Lipinski definition) is 1. The van der Waals surface area contributed by atoms with Crippen molar-refractivity contribution >= 4 is 5.91 Å². The standard InChI is InChI=1S/C21H20F2N4O2/c1-27-12-14(11-25-27)19-17(5-3-9-24-19)20(28)26-18-6-2-4-13-10-15(29-21(22)23)7-8-16(13)18/h3,5,7-12,18,21H,2,4,6H2,1H3,(H,26,28). The van der Waals surface area contributed by atoms with Gasteiger partial charge in [0.25, 0.3) is 5.91 Å². The van der Waals surface area contributed by atoms with Crippen molar-refractivity contribution in [3.05, 3.63) is 65.6 Å². The molecule has 1 aliphatic carbocycles. The lowest BCUT2D eigenvalue weighted by Crippen LogP contribution is -2.31. The minimum absolute atomic E-state index is 0.136. The summed E-state index contributed by atoms with van der Waals surface area (Å²) in [6, 6.07) is 8.15. The molecule has 8 heteroatoms. The molecular weight excluding hydrogens is 378 g/mol. The number of ether oxygens (including phenoxy) is 1. The van der Waals surface area contributed by atoms with E-state index in [4.69, 9.17) is 0 Å². The molecule has 4 rings (SSSR count). The molecule has 0 spiro atoms. The van der Waals surface area contributed by atoms with E-state index in [0.29, 0.717) is 11.3 Å². The van der Waals surface area contributed by atoms with Crippen LogP contribution in [0.25, 0.3) is 11.3 Å². The first kappa shape index (κ1) is 19.0. The van der Waals surface area contributed by atoms with Crippen LogP contribution in [0.3, 0.4) is 0 Å². The number of nitrogens with one attached hydrogen (secondary N) is 1. The van der Waals surface area contributed by atoms with Crippen LogP contribution < -0.4 is 10.1 Å². The van der Waals surface area contributed by atoms with Crippen LogP contribution in [0.5, 0.6) is 5.75 Å². The molecule has 0 aliphatic heterocycles. The van der Waals surface area contributed by atoms with Crippen LogP contribution in [-0.2, 0) is 13.5 Å². The van der Waals surface area contributed by atoms with Crippen LogP contribution in [0.15, 0.2) is 48.9 Å². The van der Waals surface area contributed by atoms with E-state index in [1.165, 1.54) is 6.07 Å². The molecule has 150 valence electrons. The average Bonchev–Trinajstić information content (AvgIpc) is 3.14. The van der Waals surface area contributed by atoms with Gasteiger partial charge < -0.3 is 10.1 Å². The minimum Gasteiger partial charge on any atom is -0.435 e. The molecule has 1 aromatic carbocycles. The zero-order valence-corrected chi connectivity index (χ0v) is 15.8. The lowest BCUT2D eigenvalue weighted by Gasteiger charge is -2.27. The number of carbonyl (C=O) groups excluding carboxylic acids is 1. The van der Waals surface area contributed by atoms with E-state index in [1.807, 2.05) is 0 Å². The molecule has 1 atom stereocenters. The van der Waals surface area contributed by atoms with Crippen molar-refractivity contribution in [2.45, 2.75) is 31.9 Å². The zero-order valence-electron chi connectivity index (χ0n) is 15.8. The number of rotatable bonds is 5. The van der Waals surface area contributed by atoms with Crippen LogP contribution in [0.4, 0.5) is 8.78 Å². The van der Waals surface area contributed by atoms with Gasteiger partial charge in [0.15, 0.2) is 0 Å². The Morgan fingerprint density at radius 3 is 2.97 bits per heavy atom. The van der Waals surface area contributed by atoms with Crippen molar-refractivity contribution in [3.8, 4) is 17.0 Å². The van der Waals surface area contributed by atoms with Gasteiger partial charge in [-0.15, -0.1) is 0 Å². The normalized spacial score (nSPS) is 15.8. The monoisotopic (exact) mass is 398 g/mol. The predicted octanol–water partition coefficient (Wildman–Crippen LogP) is 3.89. The molecule has 0 saturated heterocycles. The smallest absolute Gasteiger partial charge is 0.387 e. The summed E-state index contributed by atoms with van der Waals surface area (Å²) in [6.45, 7) is -2.86. The maximum Gasteiger partial charge on any atom is 0.387 e. The average molecular weight is 398 g/mol. The molecule has 1 unspecified atom stereocenters. The summed E-state index contributed by atoms with van der Waals surface area (Å²) in [4.78, 5) is 17.4. The van der Waals surface area contributed by atoms with Gasteiger partial charge in [-0.1, -0.05) is 6.07 Å². The van der Waals surface area contributed by atoms with Gasteiger partial charge in [0, 0.05) is 25.0 Å². The summed E-state index contributed by atoms with van der Waals surface area (Å²) in [5.41, 5.74) is 3.63. The molecule has 2 heterocycles. The highest BCUT2D eigenvalue weighted by molar-refractivity contribution is 6.00. The third-order valence-electron chi connectivity index (χ3n) is 4.99. The molecule has 3 aromatic rings. The van der Waals surface area contributed by atoms with E-state index in [2.05, 4.69) is 20.1 Å². The second-order valence-electron chi connectivity index (χ2n) is 6.96. The highest BCUT2D eigenvalue weighted by Crippen LogP contribution is 2.33. The first-order chi connectivity index (χ1) is 14.0. The van der Waals surface area contributed by atoms with E-state index < -0.39 is 6.61 Å². The first-order valence-corrected chi connectivity index (χ1v) is 9.34. The van der Waals surface area contributed by atoms with Crippen LogP contribution in [0, 0.1) is 0 Å². The fraction of sp³-hybridized carbons (Fsp3) is 0.286. The SMILES string of the molecule is Cn1cc(-c2ncccc2C(=O)NC2CCCc3cc(OC(F)F)ccc32)cn1. The number of fused-ring (bicyclic) bond motifs is 1. The van der Waals surface area contributed by atoms with Gasteiger partial charge in [0.1, 0.15) is 5.75 Å². The molecule has 29 heavy (non-hydrogen) atoms. The molecule has 1 aliphatic rings. The zero-order chi connectivity index (χ0) is 20.4. The van der Waals surface area contributed by atoms with Gasteiger partial charge in [-0.05, 0) is 54.7 Å². The van der Waals surface area contributed by atoms with Gasteiger partial charge in [0.2, 0.25) is 0 Å². The van der Waals surface area contributed by atoms with Crippen LogP contribution in [0.1, 0.15) is 40.4 Å². The van der Waals surface area contributed by atoms with E-state index >= 15 is 0 Å². The highest BCUT2D eigenvalue weighted by Gasteiger charge is 2.24. The number of aryl methyl sites for hydroxylation is 2. The molecular formula is C21H20F2N4O2. The number of pyridine rings is 1. The lowest BCUT2D eigenvalue weighted by atomic mass is 9.87. The number of nitrogens with zero attached hydrogens (tertiary/aromatic N) is 3. The summed E-state index contributed by atoms with van der Waals surface area (Å²) in [5, 5.41) is 7.22. The van der Waals surface area contributed by atoms with Crippen molar-refractivity contribution in [2.75, 3.05) is 0 Å².